The maximum atomic E-state index is 10.8. The second-order valence-corrected chi connectivity index (χ2v) is 6.11. The fraction of sp³-hybridized carbons (Fsp3) is 0.0769. The molecule has 0 fully saturated rings. The van der Waals surface area contributed by atoms with Crippen molar-refractivity contribution in [1.29, 1.82) is 0 Å². The Kier molecular flexibility index (Phi) is 4.72. The van der Waals surface area contributed by atoms with Crippen LogP contribution in [0.2, 0.25) is 10.0 Å². The number of benzene rings is 2. The van der Waals surface area contributed by atoms with Gasteiger partial charge in [-0.1, -0.05) is 23.2 Å². The number of aryl methyl sites for hydroxylation is 1. The number of halogens is 3. The molecule has 7 heteroatoms. The van der Waals surface area contributed by atoms with Crippen LogP contribution in [0.4, 0.5) is 17.1 Å². The molecule has 0 amide bonds. The van der Waals surface area contributed by atoms with Crippen LogP contribution in [0.3, 0.4) is 0 Å². The molecule has 0 spiro atoms. The average Bonchev–Trinajstić information content (AvgIpc) is 2.35. The van der Waals surface area contributed by atoms with Crippen LogP contribution in [-0.4, -0.2) is 4.92 Å². The average molecular weight is 423 g/mol. The lowest BCUT2D eigenvalue weighted by atomic mass is 10.2. The van der Waals surface area contributed by atoms with Gasteiger partial charge in [-0.15, -0.1) is 0 Å². The molecule has 4 nitrogen and oxygen atoms in total. The Morgan fingerprint density at radius 3 is 2.50 bits per heavy atom. The van der Waals surface area contributed by atoms with E-state index in [1.165, 1.54) is 6.07 Å². The second kappa shape index (κ2) is 6.15. The highest BCUT2D eigenvalue weighted by molar-refractivity contribution is 14.1. The third-order valence-electron chi connectivity index (χ3n) is 2.67. The van der Waals surface area contributed by atoms with Crippen LogP contribution in [0.15, 0.2) is 30.3 Å². The summed E-state index contributed by atoms with van der Waals surface area (Å²) in [5, 5.41) is 15.0. The van der Waals surface area contributed by atoms with Gasteiger partial charge in [-0.2, -0.15) is 0 Å². The lowest BCUT2D eigenvalue weighted by Crippen LogP contribution is -1.96. The van der Waals surface area contributed by atoms with Gasteiger partial charge in [0.15, 0.2) is 0 Å². The normalized spacial score (nSPS) is 10.4. The van der Waals surface area contributed by atoms with Crippen LogP contribution >= 0.6 is 45.8 Å². The van der Waals surface area contributed by atoms with Gasteiger partial charge in [0.1, 0.15) is 0 Å². The van der Waals surface area contributed by atoms with Gasteiger partial charge in [0.2, 0.25) is 0 Å². The van der Waals surface area contributed by atoms with Crippen LogP contribution in [-0.2, 0) is 0 Å². The van der Waals surface area contributed by atoms with E-state index in [4.69, 9.17) is 23.2 Å². The molecule has 2 aromatic carbocycles. The van der Waals surface area contributed by atoms with E-state index in [1.54, 1.807) is 24.3 Å². The van der Waals surface area contributed by atoms with E-state index in [-0.39, 0.29) is 5.69 Å². The number of nitro benzene ring substituents is 1. The minimum absolute atomic E-state index is 0.0733. The summed E-state index contributed by atoms with van der Waals surface area (Å²) in [6.07, 6.45) is 0. The molecule has 0 aliphatic rings. The van der Waals surface area contributed by atoms with Gasteiger partial charge >= 0.3 is 0 Å². The van der Waals surface area contributed by atoms with E-state index < -0.39 is 4.92 Å². The fourth-order valence-electron chi connectivity index (χ4n) is 1.63. The van der Waals surface area contributed by atoms with Crippen molar-refractivity contribution in [3.05, 3.63) is 59.6 Å². The van der Waals surface area contributed by atoms with Crippen molar-refractivity contribution >= 4 is 62.9 Å². The van der Waals surface area contributed by atoms with Crippen molar-refractivity contribution in [2.75, 3.05) is 5.32 Å². The Hall–Kier alpha value is -1.05. The highest BCUT2D eigenvalue weighted by Crippen LogP contribution is 2.32. The molecule has 0 bridgehead atoms. The summed E-state index contributed by atoms with van der Waals surface area (Å²) in [4.78, 5) is 10.4. The Morgan fingerprint density at radius 2 is 1.90 bits per heavy atom. The van der Waals surface area contributed by atoms with Crippen LogP contribution < -0.4 is 5.32 Å². The number of hydrogen-bond donors (Lipinski definition) is 1. The van der Waals surface area contributed by atoms with Gasteiger partial charge in [-0.3, -0.25) is 10.1 Å². The van der Waals surface area contributed by atoms with Crippen LogP contribution in [0, 0.1) is 20.6 Å². The standard InChI is InChI=1S/C13H9Cl2IN2O2/c1-7-4-10(15)12(6-9(7)14)17-8-2-3-13(18(19)20)11(16)5-8/h2-6,17H,1H3. The summed E-state index contributed by atoms with van der Waals surface area (Å²) in [6, 6.07) is 8.26. The van der Waals surface area contributed by atoms with Crippen molar-refractivity contribution < 1.29 is 4.92 Å². The second-order valence-electron chi connectivity index (χ2n) is 4.13. The van der Waals surface area contributed by atoms with Gasteiger partial charge < -0.3 is 5.32 Å². The van der Waals surface area contributed by atoms with Crippen molar-refractivity contribution in [3.8, 4) is 0 Å². The Balaban J connectivity index is 2.33. The monoisotopic (exact) mass is 422 g/mol. The Morgan fingerprint density at radius 1 is 1.20 bits per heavy atom. The SMILES string of the molecule is Cc1cc(Cl)c(Nc2ccc([N+](=O)[O-])c(I)c2)cc1Cl. The molecule has 0 aromatic heterocycles. The molecule has 0 aliphatic heterocycles. The van der Waals surface area contributed by atoms with Gasteiger partial charge in [0, 0.05) is 16.8 Å². The summed E-state index contributed by atoms with van der Waals surface area (Å²) in [5.41, 5.74) is 2.33. The maximum Gasteiger partial charge on any atom is 0.282 e. The number of nitrogens with one attached hydrogen (secondary N) is 1. The zero-order chi connectivity index (χ0) is 14.9. The third-order valence-corrected chi connectivity index (χ3v) is 4.26. The Labute approximate surface area is 139 Å². The molecule has 20 heavy (non-hydrogen) atoms. The first-order chi connectivity index (χ1) is 9.38. The molecular formula is C13H9Cl2IN2O2. The molecule has 104 valence electrons. The van der Waals surface area contributed by atoms with E-state index >= 15 is 0 Å². The van der Waals surface area contributed by atoms with Gasteiger partial charge in [0.25, 0.3) is 5.69 Å². The predicted molar refractivity (Wildman–Crippen MR) is 90.3 cm³/mol. The van der Waals surface area contributed by atoms with Crippen LogP contribution in [0.5, 0.6) is 0 Å². The Bertz CT molecular complexity index is 692. The van der Waals surface area contributed by atoms with Crippen molar-refractivity contribution in [1.82, 2.24) is 0 Å². The fourth-order valence-corrected chi connectivity index (χ4v) is 2.77. The zero-order valence-corrected chi connectivity index (χ0v) is 14.0. The molecule has 0 radical (unpaired) electrons. The summed E-state index contributed by atoms with van der Waals surface area (Å²) < 4.78 is 0.548. The van der Waals surface area contributed by atoms with Gasteiger partial charge in [-0.05, 0) is 59.3 Å². The number of anilines is 2. The molecule has 2 rings (SSSR count). The lowest BCUT2D eigenvalue weighted by Gasteiger charge is -2.10. The molecule has 0 atom stereocenters. The van der Waals surface area contributed by atoms with Gasteiger partial charge in [0.05, 0.1) is 19.2 Å². The number of rotatable bonds is 3. The van der Waals surface area contributed by atoms with E-state index in [2.05, 4.69) is 5.32 Å². The molecule has 0 heterocycles. The largest absolute Gasteiger partial charge is 0.354 e. The van der Waals surface area contributed by atoms with E-state index in [0.29, 0.717) is 25.0 Å². The van der Waals surface area contributed by atoms with Crippen molar-refractivity contribution in [2.45, 2.75) is 6.92 Å². The lowest BCUT2D eigenvalue weighted by molar-refractivity contribution is -0.385. The van der Waals surface area contributed by atoms with Crippen LogP contribution in [0.1, 0.15) is 5.56 Å². The first-order valence-corrected chi connectivity index (χ1v) is 7.38. The van der Waals surface area contributed by atoms with Gasteiger partial charge in [-0.25, -0.2) is 0 Å². The summed E-state index contributed by atoms with van der Waals surface area (Å²) in [5.74, 6) is 0. The predicted octanol–water partition coefficient (Wildman–Crippen LogP) is 5.56. The quantitative estimate of drug-likeness (QED) is 0.400. The number of nitrogens with zero attached hydrogens (tertiary/aromatic N) is 1. The molecule has 0 saturated heterocycles. The number of nitro groups is 1. The molecule has 0 saturated carbocycles. The van der Waals surface area contributed by atoms with E-state index in [0.717, 1.165) is 5.56 Å². The summed E-state index contributed by atoms with van der Waals surface area (Å²) >= 11 is 14.1. The minimum atomic E-state index is -0.415. The smallest absolute Gasteiger partial charge is 0.282 e. The van der Waals surface area contributed by atoms with E-state index in [1.807, 2.05) is 29.5 Å². The van der Waals surface area contributed by atoms with E-state index in [9.17, 15) is 10.1 Å². The number of hydrogen-bond acceptors (Lipinski definition) is 3. The molecule has 0 unspecified atom stereocenters. The highest BCUT2D eigenvalue weighted by atomic mass is 127. The molecule has 2 aromatic rings. The summed E-state index contributed by atoms with van der Waals surface area (Å²) in [6.45, 7) is 1.87. The third kappa shape index (κ3) is 3.34. The first kappa shape index (κ1) is 15.3. The topological polar surface area (TPSA) is 55.2 Å². The minimum Gasteiger partial charge on any atom is -0.354 e. The molecular weight excluding hydrogens is 414 g/mol. The zero-order valence-electron chi connectivity index (χ0n) is 10.3. The van der Waals surface area contributed by atoms with Crippen molar-refractivity contribution in [2.24, 2.45) is 0 Å². The molecule has 1 N–H and O–H groups in total. The molecule has 0 aliphatic carbocycles. The van der Waals surface area contributed by atoms with Crippen LogP contribution in [0.25, 0.3) is 0 Å². The highest BCUT2D eigenvalue weighted by Gasteiger charge is 2.12. The maximum absolute atomic E-state index is 10.8. The summed E-state index contributed by atoms with van der Waals surface area (Å²) in [7, 11) is 0. The van der Waals surface area contributed by atoms with Crippen molar-refractivity contribution in [3.63, 3.8) is 0 Å². The first-order valence-electron chi connectivity index (χ1n) is 5.55.